The van der Waals surface area contributed by atoms with Gasteiger partial charge >= 0.3 is 0 Å². The van der Waals surface area contributed by atoms with Gasteiger partial charge in [0.1, 0.15) is 0 Å². The molecule has 166 valence electrons. The SMILES string of the molecule is Cc1cc(C)c(S(=O)(=O)NCc2ccc3c(c2)N(C(=O)c2ccccc2C)CC3)c(C)c1. The molecule has 0 unspecified atom stereocenters. The van der Waals surface area contributed by atoms with Crippen LogP contribution in [0.4, 0.5) is 5.69 Å². The van der Waals surface area contributed by atoms with Crippen molar-refractivity contribution in [2.24, 2.45) is 0 Å². The van der Waals surface area contributed by atoms with Gasteiger partial charge in [-0.3, -0.25) is 4.79 Å². The van der Waals surface area contributed by atoms with Gasteiger partial charge < -0.3 is 4.90 Å². The first kappa shape index (κ1) is 22.2. The minimum absolute atomic E-state index is 0.0227. The van der Waals surface area contributed by atoms with E-state index in [1.54, 1.807) is 4.90 Å². The molecule has 1 N–H and O–H groups in total. The standard InChI is InChI=1S/C26H28N2O3S/c1-17-13-19(3)25(20(4)14-17)32(30,31)27-16-21-9-10-22-11-12-28(24(22)15-21)26(29)23-8-6-5-7-18(23)2/h5-10,13-15,27H,11-12,16H2,1-4H3. The number of amides is 1. The van der Waals surface area contributed by atoms with Crippen LogP contribution in [0.2, 0.25) is 0 Å². The van der Waals surface area contributed by atoms with E-state index < -0.39 is 10.0 Å². The monoisotopic (exact) mass is 448 g/mol. The van der Waals surface area contributed by atoms with Crippen molar-refractivity contribution in [1.82, 2.24) is 4.72 Å². The Hall–Kier alpha value is -2.96. The summed E-state index contributed by atoms with van der Waals surface area (Å²) >= 11 is 0. The molecule has 0 aliphatic carbocycles. The van der Waals surface area contributed by atoms with Crippen molar-refractivity contribution in [3.8, 4) is 0 Å². The van der Waals surface area contributed by atoms with E-state index in [0.717, 1.165) is 45.5 Å². The number of hydrogen-bond acceptors (Lipinski definition) is 3. The highest BCUT2D eigenvalue weighted by atomic mass is 32.2. The van der Waals surface area contributed by atoms with Crippen molar-refractivity contribution in [2.45, 2.75) is 45.6 Å². The average Bonchev–Trinajstić information content (AvgIpc) is 3.14. The normalized spacial score (nSPS) is 13.3. The smallest absolute Gasteiger partial charge is 0.258 e. The second-order valence-corrected chi connectivity index (χ2v) is 10.2. The van der Waals surface area contributed by atoms with Gasteiger partial charge in [0.25, 0.3) is 5.91 Å². The van der Waals surface area contributed by atoms with Gasteiger partial charge in [-0.05, 0) is 74.1 Å². The second-order valence-electron chi connectivity index (χ2n) is 8.54. The fraction of sp³-hybridized carbons (Fsp3) is 0.269. The number of carbonyl (C=O) groups is 1. The third kappa shape index (κ3) is 4.20. The molecule has 3 aromatic carbocycles. The highest BCUT2D eigenvalue weighted by molar-refractivity contribution is 7.89. The third-order valence-corrected chi connectivity index (χ3v) is 7.71. The largest absolute Gasteiger partial charge is 0.308 e. The summed E-state index contributed by atoms with van der Waals surface area (Å²) in [5.74, 6) is -0.0227. The van der Waals surface area contributed by atoms with Crippen molar-refractivity contribution in [3.05, 3.63) is 93.5 Å². The van der Waals surface area contributed by atoms with Crippen LogP contribution in [0.25, 0.3) is 0 Å². The van der Waals surface area contributed by atoms with Crippen LogP contribution >= 0.6 is 0 Å². The lowest BCUT2D eigenvalue weighted by atomic mass is 10.1. The van der Waals surface area contributed by atoms with E-state index in [9.17, 15) is 13.2 Å². The van der Waals surface area contributed by atoms with Crippen molar-refractivity contribution in [2.75, 3.05) is 11.4 Å². The van der Waals surface area contributed by atoms with E-state index in [0.29, 0.717) is 17.0 Å². The lowest BCUT2D eigenvalue weighted by molar-refractivity contribution is 0.0989. The number of rotatable bonds is 5. The van der Waals surface area contributed by atoms with E-state index in [4.69, 9.17) is 0 Å². The molecule has 0 saturated carbocycles. The minimum Gasteiger partial charge on any atom is -0.308 e. The lowest BCUT2D eigenvalue weighted by Crippen LogP contribution is -2.29. The maximum atomic E-state index is 13.2. The maximum Gasteiger partial charge on any atom is 0.258 e. The summed E-state index contributed by atoms with van der Waals surface area (Å²) in [6.45, 7) is 8.31. The fourth-order valence-electron chi connectivity index (χ4n) is 4.55. The van der Waals surface area contributed by atoms with Gasteiger partial charge in [-0.1, -0.05) is 48.0 Å². The van der Waals surface area contributed by atoms with Crippen LogP contribution in [-0.4, -0.2) is 20.9 Å². The summed E-state index contributed by atoms with van der Waals surface area (Å²) in [7, 11) is -3.66. The summed E-state index contributed by atoms with van der Waals surface area (Å²) < 4.78 is 28.8. The number of benzene rings is 3. The van der Waals surface area contributed by atoms with Crippen molar-refractivity contribution < 1.29 is 13.2 Å². The lowest BCUT2D eigenvalue weighted by Gasteiger charge is -2.19. The number of aryl methyl sites for hydroxylation is 4. The molecule has 32 heavy (non-hydrogen) atoms. The van der Waals surface area contributed by atoms with Gasteiger partial charge in [-0.15, -0.1) is 0 Å². The number of hydrogen-bond donors (Lipinski definition) is 1. The van der Waals surface area contributed by atoms with Gasteiger partial charge in [0.2, 0.25) is 10.0 Å². The zero-order chi connectivity index (χ0) is 23.0. The maximum absolute atomic E-state index is 13.2. The number of sulfonamides is 1. The van der Waals surface area contributed by atoms with Crippen LogP contribution in [0.3, 0.4) is 0 Å². The second kappa shape index (κ2) is 8.52. The number of carbonyl (C=O) groups excluding carboxylic acids is 1. The van der Waals surface area contributed by atoms with E-state index in [-0.39, 0.29) is 12.5 Å². The van der Waals surface area contributed by atoms with E-state index in [1.165, 1.54) is 0 Å². The minimum atomic E-state index is -3.66. The Labute approximate surface area is 190 Å². The quantitative estimate of drug-likeness (QED) is 0.620. The van der Waals surface area contributed by atoms with Crippen LogP contribution in [-0.2, 0) is 23.0 Å². The van der Waals surface area contributed by atoms with Crippen LogP contribution in [0.1, 0.15) is 43.7 Å². The molecule has 1 aliphatic heterocycles. The molecule has 0 bridgehead atoms. The van der Waals surface area contributed by atoms with Gasteiger partial charge in [-0.2, -0.15) is 0 Å². The van der Waals surface area contributed by atoms with Gasteiger partial charge in [0.15, 0.2) is 0 Å². The van der Waals surface area contributed by atoms with E-state index in [1.807, 2.05) is 82.3 Å². The molecular weight excluding hydrogens is 420 g/mol. The average molecular weight is 449 g/mol. The molecule has 1 amide bonds. The first-order chi connectivity index (χ1) is 15.2. The fourth-order valence-corrected chi connectivity index (χ4v) is 6.01. The molecule has 6 heteroatoms. The molecule has 5 nitrogen and oxygen atoms in total. The molecule has 0 fully saturated rings. The van der Waals surface area contributed by atoms with E-state index >= 15 is 0 Å². The van der Waals surface area contributed by atoms with Crippen molar-refractivity contribution in [3.63, 3.8) is 0 Å². The molecule has 0 radical (unpaired) electrons. The summed E-state index contributed by atoms with van der Waals surface area (Å²) in [5.41, 5.74) is 6.92. The molecule has 1 heterocycles. The zero-order valence-electron chi connectivity index (χ0n) is 18.9. The van der Waals surface area contributed by atoms with Gasteiger partial charge in [0, 0.05) is 24.3 Å². The van der Waals surface area contributed by atoms with E-state index in [2.05, 4.69) is 4.72 Å². The van der Waals surface area contributed by atoms with Crippen molar-refractivity contribution in [1.29, 1.82) is 0 Å². The molecule has 0 saturated heterocycles. The summed E-state index contributed by atoms with van der Waals surface area (Å²) in [6.07, 6.45) is 0.792. The molecule has 3 aromatic rings. The Morgan fingerprint density at radius 1 is 0.938 bits per heavy atom. The Morgan fingerprint density at radius 3 is 2.31 bits per heavy atom. The Bertz CT molecular complexity index is 1290. The predicted octanol–water partition coefficient (Wildman–Crippen LogP) is 4.60. The first-order valence-electron chi connectivity index (χ1n) is 10.7. The number of nitrogens with zero attached hydrogens (tertiary/aromatic N) is 1. The highest BCUT2D eigenvalue weighted by Crippen LogP contribution is 2.31. The van der Waals surface area contributed by atoms with Crippen LogP contribution in [0, 0.1) is 27.7 Å². The predicted molar refractivity (Wildman–Crippen MR) is 128 cm³/mol. The highest BCUT2D eigenvalue weighted by Gasteiger charge is 2.27. The number of nitrogens with one attached hydrogen (secondary N) is 1. The van der Waals surface area contributed by atoms with Crippen LogP contribution in [0.5, 0.6) is 0 Å². The first-order valence-corrected chi connectivity index (χ1v) is 12.2. The Kier molecular flexibility index (Phi) is 5.93. The molecule has 4 rings (SSSR count). The summed E-state index contributed by atoms with van der Waals surface area (Å²) in [5, 5.41) is 0. The zero-order valence-corrected chi connectivity index (χ0v) is 19.7. The number of anilines is 1. The van der Waals surface area contributed by atoms with Crippen LogP contribution < -0.4 is 9.62 Å². The molecular formula is C26H28N2O3S. The number of fused-ring (bicyclic) bond motifs is 1. The molecule has 0 aromatic heterocycles. The summed E-state index contributed by atoms with van der Waals surface area (Å²) in [6, 6.07) is 17.2. The van der Waals surface area contributed by atoms with Gasteiger partial charge in [-0.25, -0.2) is 13.1 Å². The molecule has 0 spiro atoms. The van der Waals surface area contributed by atoms with Crippen molar-refractivity contribution >= 4 is 21.6 Å². The Morgan fingerprint density at radius 2 is 1.62 bits per heavy atom. The Balaban J connectivity index is 1.57. The third-order valence-electron chi connectivity index (χ3n) is 6.01. The van der Waals surface area contributed by atoms with Crippen LogP contribution in [0.15, 0.2) is 59.5 Å². The topological polar surface area (TPSA) is 66.5 Å². The molecule has 0 atom stereocenters. The summed E-state index contributed by atoms with van der Waals surface area (Å²) in [4.78, 5) is 15.3. The molecule has 1 aliphatic rings. The van der Waals surface area contributed by atoms with Gasteiger partial charge in [0.05, 0.1) is 4.90 Å².